The molecule has 4 rings (SSSR count). The summed E-state index contributed by atoms with van der Waals surface area (Å²) in [5.74, 6) is 1.73. The van der Waals surface area contributed by atoms with Crippen LogP contribution in [0.3, 0.4) is 0 Å². The Hall–Kier alpha value is -1.80. The molecule has 0 amide bonds. The van der Waals surface area contributed by atoms with Gasteiger partial charge in [0.05, 0.1) is 37.2 Å². The van der Waals surface area contributed by atoms with Crippen LogP contribution in [0.25, 0.3) is 0 Å². The Morgan fingerprint density at radius 1 is 1.41 bits per heavy atom. The molecule has 0 aromatic carbocycles. The third-order valence-corrected chi connectivity index (χ3v) is 4.37. The van der Waals surface area contributed by atoms with Crippen LogP contribution in [0.1, 0.15) is 49.6 Å². The molecule has 118 valence electrons. The summed E-state index contributed by atoms with van der Waals surface area (Å²) in [6, 6.07) is 0.215. The molecule has 2 aliphatic heterocycles. The first-order chi connectivity index (χ1) is 10.7. The maximum atomic E-state index is 5.92. The summed E-state index contributed by atoms with van der Waals surface area (Å²) in [5, 5.41) is 12.2. The summed E-state index contributed by atoms with van der Waals surface area (Å²) < 4.78 is 13.3. The van der Waals surface area contributed by atoms with Gasteiger partial charge >= 0.3 is 0 Å². The van der Waals surface area contributed by atoms with Crippen molar-refractivity contribution in [2.75, 3.05) is 13.1 Å². The standard InChI is InChI=1S/C14H20N6O2/c1-9(2)14-16-13(22-17-14)7-19-4-3-12-11(6-19)20-10(8-21-12)5-15-18-20/h5,9,11-12H,3-4,6-8H2,1-2H3/t11-,12-/m0/s1. The zero-order valence-electron chi connectivity index (χ0n) is 12.8. The minimum atomic E-state index is 0.215. The second-order valence-corrected chi connectivity index (χ2v) is 6.31. The van der Waals surface area contributed by atoms with Crippen molar-refractivity contribution in [3.8, 4) is 0 Å². The Kier molecular flexibility index (Phi) is 3.42. The second kappa shape index (κ2) is 5.44. The Morgan fingerprint density at radius 3 is 3.14 bits per heavy atom. The first kappa shape index (κ1) is 13.8. The van der Waals surface area contributed by atoms with E-state index in [1.807, 2.05) is 4.68 Å². The van der Waals surface area contributed by atoms with Crippen LogP contribution in [0.15, 0.2) is 10.7 Å². The molecule has 0 unspecified atom stereocenters. The van der Waals surface area contributed by atoms with Crippen molar-refractivity contribution in [2.24, 2.45) is 0 Å². The minimum Gasteiger partial charge on any atom is -0.370 e. The number of likely N-dealkylation sites (tertiary alicyclic amines) is 1. The van der Waals surface area contributed by atoms with Gasteiger partial charge in [0, 0.05) is 19.0 Å². The van der Waals surface area contributed by atoms with Crippen LogP contribution in [0, 0.1) is 0 Å². The molecule has 0 saturated carbocycles. The van der Waals surface area contributed by atoms with Crippen LogP contribution >= 0.6 is 0 Å². The maximum Gasteiger partial charge on any atom is 0.240 e. The monoisotopic (exact) mass is 304 g/mol. The lowest BCUT2D eigenvalue weighted by atomic mass is 10.0. The molecule has 0 radical (unpaired) electrons. The van der Waals surface area contributed by atoms with E-state index in [9.17, 15) is 0 Å². The molecule has 1 fully saturated rings. The lowest BCUT2D eigenvalue weighted by Gasteiger charge is -2.40. The minimum absolute atomic E-state index is 0.215. The number of fused-ring (bicyclic) bond motifs is 3. The average molecular weight is 304 g/mol. The van der Waals surface area contributed by atoms with Gasteiger partial charge in [0.15, 0.2) is 5.82 Å². The Labute approximate surface area is 128 Å². The van der Waals surface area contributed by atoms with Gasteiger partial charge < -0.3 is 9.26 Å². The number of hydrogen-bond acceptors (Lipinski definition) is 7. The molecule has 2 atom stereocenters. The lowest BCUT2D eigenvalue weighted by molar-refractivity contribution is -0.0681. The summed E-state index contributed by atoms with van der Waals surface area (Å²) in [6.07, 6.45) is 2.98. The van der Waals surface area contributed by atoms with E-state index in [2.05, 4.69) is 39.2 Å². The van der Waals surface area contributed by atoms with Gasteiger partial charge in [0.1, 0.15) is 0 Å². The smallest absolute Gasteiger partial charge is 0.240 e. The molecule has 22 heavy (non-hydrogen) atoms. The van der Waals surface area contributed by atoms with Gasteiger partial charge in [-0.25, -0.2) is 4.68 Å². The molecule has 2 aromatic heterocycles. The average Bonchev–Trinajstić information content (AvgIpc) is 3.15. The quantitative estimate of drug-likeness (QED) is 0.840. The molecule has 8 heteroatoms. The highest BCUT2D eigenvalue weighted by Gasteiger charge is 2.36. The van der Waals surface area contributed by atoms with Gasteiger partial charge in [0.25, 0.3) is 0 Å². The molecule has 1 saturated heterocycles. The van der Waals surface area contributed by atoms with Crippen LogP contribution < -0.4 is 0 Å². The van der Waals surface area contributed by atoms with Crippen molar-refractivity contribution in [3.63, 3.8) is 0 Å². The van der Waals surface area contributed by atoms with Crippen LogP contribution in [0.5, 0.6) is 0 Å². The topological polar surface area (TPSA) is 82.1 Å². The highest BCUT2D eigenvalue weighted by atomic mass is 16.5. The number of aromatic nitrogens is 5. The Bertz CT molecular complexity index is 651. The van der Waals surface area contributed by atoms with E-state index >= 15 is 0 Å². The largest absolute Gasteiger partial charge is 0.370 e. The molecule has 4 heterocycles. The Morgan fingerprint density at radius 2 is 2.32 bits per heavy atom. The van der Waals surface area contributed by atoms with Crippen LogP contribution in [0.2, 0.25) is 0 Å². The van der Waals surface area contributed by atoms with E-state index in [0.29, 0.717) is 19.0 Å². The fourth-order valence-electron chi connectivity index (χ4n) is 3.15. The second-order valence-electron chi connectivity index (χ2n) is 6.31. The highest BCUT2D eigenvalue weighted by molar-refractivity contribution is 5.01. The molecule has 8 nitrogen and oxygen atoms in total. The third-order valence-electron chi connectivity index (χ3n) is 4.37. The fraction of sp³-hybridized carbons (Fsp3) is 0.714. The summed E-state index contributed by atoms with van der Waals surface area (Å²) in [4.78, 5) is 6.78. The summed E-state index contributed by atoms with van der Waals surface area (Å²) >= 11 is 0. The summed E-state index contributed by atoms with van der Waals surface area (Å²) in [5.41, 5.74) is 1.04. The molecule has 2 aromatic rings. The fourth-order valence-corrected chi connectivity index (χ4v) is 3.15. The van der Waals surface area contributed by atoms with E-state index in [0.717, 1.165) is 31.0 Å². The molecular weight excluding hydrogens is 284 g/mol. The van der Waals surface area contributed by atoms with Gasteiger partial charge in [-0.3, -0.25) is 4.90 Å². The first-order valence-corrected chi connectivity index (χ1v) is 7.76. The lowest BCUT2D eigenvalue weighted by Crippen LogP contribution is -2.47. The van der Waals surface area contributed by atoms with Gasteiger partial charge in [-0.05, 0) is 6.42 Å². The van der Waals surface area contributed by atoms with E-state index in [4.69, 9.17) is 9.26 Å². The van der Waals surface area contributed by atoms with E-state index < -0.39 is 0 Å². The van der Waals surface area contributed by atoms with Crippen molar-refractivity contribution in [1.82, 2.24) is 30.0 Å². The molecule has 0 spiro atoms. The Balaban J connectivity index is 1.47. The van der Waals surface area contributed by atoms with E-state index in [1.54, 1.807) is 6.20 Å². The van der Waals surface area contributed by atoms with Crippen LogP contribution in [0.4, 0.5) is 0 Å². The summed E-state index contributed by atoms with van der Waals surface area (Å²) in [6.45, 7) is 7.23. The zero-order valence-corrected chi connectivity index (χ0v) is 12.8. The van der Waals surface area contributed by atoms with Gasteiger partial charge in [0.2, 0.25) is 5.89 Å². The predicted octanol–water partition coefficient (Wildman–Crippen LogP) is 1.13. The number of ether oxygens (including phenoxy) is 1. The van der Waals surface area contributed by atoms with Crippen molar-refractivity contribution in [1.29, 1.82) is 0 Å². The van der Waals surface area contributed by atoms with Gasteiger partial charge in [-0.1, -0.05) is 24.2 Å². The molecule has 0 N–H and O–H groups in total. The molecule has 0 bridgehead atoms. The van der Waals surface area contributed by atoms with Crippen LogP contribution in [-0.2, 0) is 17.9 Å². The van der Waals surface area contributed by atoms with Crippen molar-refractivity contribution >= 4 is 0 Å². The van der Waals surface area contributed by atoms with Crippen LogP contribution in [-0.4, -0.2) is 49.2 Å². The number of hydrogen-bond donors (Lipinski definition) is 0. The summed E-state index contributed by atoms with van der Waals surface area (Å²) in [7, 11) is 0. The molecule has 2 aliphatic rings. The first-order valence-electron chi connectivity index (χ1n) is 7.76. The molecular formula is C14H20N6O2. The van der Waals surface area contributed by atoms with Crippen molar-refractivity contribution in [3.05, 3.63) is 23.6 Å². The number of piperidine rings is 1. The van der Waals surface area contributed by atoms with E-state index in [-0.39, 0.29) is 18.1 Å². The van der Waals surface area contributed by atoms with E-state index in [1.165, 1.54) is 0 Å². The van der Waals surface area contributed by atoms with Gasteiger partial charge in [-0.2, -0.15) is 4.98 Å². The molecule has 0 aliphatic carbocycles. The van der Waals surface area contributed by atoms with Crippen molar-refractivity contribution < 1.29 is 9.26 Å². The number of nitrogens with zero attached hydrogens (tertiary/aromatic N) is 6. The van der Waals surface area contributed by atoms with Crippen molar-refractivity contribution in [2.45, 2.75) is 51.5 Å². The maximum absolute atomic E-state index is 5.92. The van der Waals surface area contributed by atoms with Gasteiger partial charge in [-0.15, -0.1) is 5.10 Å². The number of rotatable bonds is 3. The third kappa shape index (κ3) is 2.42. The highest BCUT2D eigenvalue weighted by Crippen LogP contribution is 2.30. The zero-order chi connectivity index (χ0) is 15.1. The predicted molar refractivity (Wildman–Crippen MR) is 75.9 cm³/mol. The SMILES string of the molecule is CC(C)c1noc(CN2CC[C@@H]3OCc4cnnn4[C@H]3C2)n1. The normalized spacial score (nSPS) is 25.2.